The van der Waals surface area contributed by atoms with Gasteiger partial charge in [-0.05, 0) is 47.2 Å². The zero-order valence-corrected chi connectivity index (χ0v) is 15.9. The number of thiophene rings is 2. The predicted octanol–water partition coefficient (Wildman–Crippen LogP) is 3.52. The Hall–Kier alpha value is -2.62. The van der Waals surface area contributed by atoms with Gasteiger partial charge in [0.2, 0.25) is 0 Å². The van der Waals surface area contributed by atoms with Crippen LogP contribution in [0.15, 0.2) is 70.1 Å². The molecule has 134 valence electrons. The molecule has 0 fully saturated rings. The predicted molar refractivity (Wildman–Crippen MR) is 106 cm³/mol. The molecular formula is C17H15N3O3S3. The summed E-state index contributed by atoms with van der Waals surface area (Å²) in [5.74, 6) is -0.352. The lowest BCUT2D eigenvalue weighted by atomic mass is 10.2. The first-order valence-electron chi connectivity index (χ1n) is 7.41. The van der Waals surface area contributed by atoms with E-state index in [2.05, 4.69) is 22.2 Å². The molecule has 0 saturated carbocycles. The molecule has 0 radical (unpaired) electrons. The second-order valence-corrected chi connectivity index (χ2v) is 8.95. The van der Waals surface area contributed by atoms with E-state index < -0.39 is 10.0 Å². The van der Waals surface area contributed by atoms with Crippen molar-refractivity contribution < 1.29 is 13.2 Å². The van der Waals surface area contributed by atoms with Gasteiger partial charge in [-0.25, -0.2) is 8.42 Å². The molecule has 1 amide bonds. The van der Waals surface area contributed by atoms with Crippen LogP contribution in [0.25, 0.3) is 5.70 Å². The SMILES string of the molecule is C=C(NNC(=O)c1ccc(NS(=O)(=O)c2cccs2)cc1)c1cccs1. The monoisotopic (exact) mass is 405 g/mol. The Morgan fingerprint density at radius 2 is 1.62 bits per heavy atom. The number of anilines is 1. The highest BCUT2D eigenvalue weighted by Crippen LogP contribution is 2.20. The van der Waals surface area contributed by atoms with Gasteiger partial charge in [-0.15, -0.1) is 22.7 Å². The molecular weight excluding hydrogens is 390 g/mol. The van der Waals surface area contributed by atoms with Crippen LogP contribution >= 0.6 is 22.7 Å². The minimum atomic E-state index is -3.60. The average Bonchev–Trinajstić information content (AvgIpc) is 3.33. The van der Waals surface area contributed by atoms with E-state index in [-0.39, 0.29) is 10.1 Å². The summed E-state index contributed by atoms with van der Waals surface area (Å²) in [4.78, 5) is 13.1. The Kier molecular flexibility index (Phi) is 5.40. The first-order chi connectivity index (χ1) is 12.5. The molecule has 2 aromatic heterocycles. The van der Waals surface area contributed by atoms with Crippen LogP contribution in [-0.4, -0.2) is 14.3 Å². The third kappa shape index (κ3) is 4.31. The summed E-state index contributed by atoms with van der Waals surface area (Å²) in [5.41, 5.74) is 6.68. The summed E-state index contributed by atoms with van der Waals surface area (Å²) >= 11 is 2.64. The molecule has 3 rings (SSSR count). The molecule has 0 saturated heterocycles. The third-order valence-corrected chi connectivity index (χ3v) is 7.01. The summed E-state index contributed by atoms with van der Waals surface area (Å²) in [6.45, 7) is 3.85. The van der Waals surface area contributed by atoms with Crippen LogP contribution in [0.4, 0.5) is 5.69 Å². The van der Waals surface area contributed by atoms with E-state index in [1.807, 2.05) is 17.5 Å². The number of nitrogens with one attached hydrogen (secondary N) is 3. The first kappa shape index (κ1) is 18.2. The van der Waals surface area contributed by atoms with Crippen molar-refractivity contribution in [3.05, 3.63) is 76.3 Å². The molecule has 0 unspecified atom stereocenters. The normalized spacial score (nSPS) is 10.9. The molecule has 0 atom stereocenters. The Labute approximate surface area is 159 Å². The lowest BCUT2D eigenvalue weighted by Gasteiger charge is -2.10. The average molecular weight is 406 g/mol. The number of hydrogen-bond acceptors (Lipinski definition) is 6. The van der Waals surface area contributed by atoms with Crippen LogP contribution in [0.2, 0.25) is 0 Å². The number of hydrazine groups is 1. The van der Waals surface area contributed by atoms with E-state index in [0.717, 1.165) is 16.2 Å². The van der Waals surface area contributed by atoms with E-state index in [9.17, 15) is 13.2 Å². The standard InChI is InChI=1S/C17H15N3O3S3/c1-12(15-4-2-10-24-15)18-19-17(21)13-6-8-14(9-7-13)20-26(22,23)16-5-3-11-25-16/h2-11,18,20H,1H2,(H,19,21). The van der Waals surface area contributed by atoms with Crippen LogP contribution in [-0.2, 0) is 10.0 Å². The molecule has 3 N–H and O–H groups in total. The van der Waals surface area contributed by atoms with Crippen molar-refractivity contribution in [3.8, 4) is 0 Å². The van der Waals surface area contributed by atoms with Gasteiger partial charge in [0.25, 0.3) is 15.9 Å². The first-order valence-corrected chi connectivity index (χ1v) is 10.7. The highest BCUT2D eigenvalue weighted by Gasteiger charge is 2.15. The van der Waals surface area contributed by atoms with Crippen molar-refractivity contribution in [2.45, 2.75) is 4.21 Å². The lowest BCUT2D eigenvalue weighted by molar-refractivity contribution is 0.0942. The molecule has 1 aromatic carbocycles. The van der Waals surface area contributed by atoms with E-state index in [0.29, 0.717) is 16.9 Å². The maximum atomic E-state index is 12.2. The van der Waals surface area contributed by atoms with Crippen molar-refractivity contribution in [3.63, 3.8) is 0 Å². The van der Waals surface area contributed by atoms with Crippen molar-refractivity contribution in [1.29, 1.82) is 0 Å². The van der Waals surface area contributed by atoms with Gasteiger partial charge in [-0.1, -0.05) is 18.7 Å². The zero-order valence-electron chi connectivity index (χ0n) is 13.4. The van der Waals surface area contributed by atoms with Crippen molar-refractivity contribution in [2.75, 3.05) is 4.72 Å². The van der Waals surface area contributed by atoms with Gasteiger partial charge >= 0.3 is 0 Å². The minimum absolute atomic E-state index is 0.232. The van der Waals surface area contributed by atoms with E-state index in [4.69, 9.17) is 0 Å². The van der Waals surface area contributed by atoms with Gasteiger partial charge in [-0.3, -0.25) is 20.4 Å². The van der Waals surface area contributed by atoms with Crippen LogP contribution < -0.4 is 15.6 Å². The fourth-order valence-electron chi connectivity index (χ4n) is 2.03. The number of carbonyl (C=O) groups is 1. The number of sulfonamides is 1. The van der Waals surface area contributed by atoms with Gasteiger partial charge in [-0.2, -0.15) is 0 Å². The molecule has 26 heavy (non-hydrogen) atoms. The fraction of sp³-hybridized carbons (Fsp3) is 0. The molecule has 6 nitrogen and oxygen atoms in total. The van der Waals surface area contributed by atoms with Gasteiger partial charge in [0, 0.05) is 11.3 Å². The minimum Gasteiger partial charge on any atom is -0.298 e. The number of hydrogen-bond donors (Lipinski definition) is 3. The second-order valence-electron chi connectivity index (χ2n) is 5.15. The van der Waals surface area contributed by atoms with Gasteiger partial charge in [0.15, 0.2) is 0 Å². The summed E-state index contributed by atoms with van der Waals surface area (Å²) < 4.78 is 27.1. The molecule has 3 aromatic rings. The largest absolute Gasteiger partial charge is 0.298 e. The Morgan fingerprint density at radius 3 is 2.23 bits per heavy atom. The van der Waals surface area contributed by atoms with Crippen LogP contribution in [0.5, 0.6) is 0 Å². The number of carbonyl (C=O) groups excluding carboxylic acids is 1. The Bertz CT molecular complexity index is 993. The Morgan fingerprint density at radius 1 is 0.923 bits per heavy atom. The van der Waals surface area contributed by atoms with Crippen molar-refractivity contribution in [2.24, 2.45) is 0 Å². The fourth-order valence-corrected chi connectivity index (χ4v) is 4.73. The highest BCUT2D eigenvalue weighted by atomic mass is 32.2. The molecule has 2 heterocycles. The van der Waals surface area contributed by atoms with Crippen molar-refractivity contribution in [1.82, 2.24) is 10.9 Å². The third-order valence-electron chi connectivity index (χ3n) is 3.30. The molecule has 0 spiro atoms. The maximum Gasteiger partial charge on any atom is 0.271 e. The van der Waals surface area contributed by atoms with Crippen LogP contribution in [0.1, 0.15) is 15.2 Å². The summed E-state index contributed by atoms with van der Waals surface area (Å²) in [7, 11) is -3.60. The van der Waals surface area contributed by atoms with Gasteiger partial charge in [0.1, 0.15) is 4.21 Å². The molecule has 0 aliphatic carbocycles. The number of amides is 1. The van der Waals surface area contributed by atoms with E-state index >= 15 is 0 Å². The highest BCUT2D eigenvalue weighted by molar-refractivity contribution is 7.94. The lowest BCUT2D eigenvalue weighted by Crippen LogP contribution is -2.35. The maximum absolute atomic E-state index is 12.2. The molecule has 0 aliphatic heterocycles. The quantitative estimate of drug-likeness (QED) is 0.525. The zero-order chi connectivity index (χ0) is 18.6. The van der Waals surface area contributed by atoms with E-state index in [1.54, 1.807) is 11.4 Å². The van der Waals surface area contributed by atoms with E-state index in [1.165, 1.54) is 41.7 Å². The van der Waals surface area contributed by atoms with Crippen LogP contribution in [0.3, 0.4) is 0 Å². The second kappa shape index (κ2) is 7.73. The molecule has 9 heteroatoms. The summed E-state index contributed by atoms with van der Waals surface area (Å²) in [6.07, 6.45) is 0. The Balaban J connectivity index is 1.60. The molecule has 0 bridgehead atoms. The summed E-state index contributed by atoms with van der Waals surface area (Å²) in [5, 5.41) is 3.61. The number of benzene rings is 1. The number of rotatable bonds is 7. The van der Waals surface area contributed by atoms with Gasteiger partial charge in [0.05, 0.1) is 10.6 Å². The van der Waals surface area contributed by atoms with Crippen molar-refractivity contribution >= 4 is 50.0 Å². The molecule has 0 aliphatic rings. The topological polar surface area (TPSA) is 87.3 Å². The summed E-state index contributed by atoms with van der Waals surface area (Å²) in [6, 6.07) is 13.1. The van der Waals surface area contributed by atoms with Crippen LogP contribution in [0, 0.1) is 0 Å². The smallest absolute Gasteiger partial charge is 0.271 e. The van der Waals surface area contributed by atoms with Gasteiger partial charge < -0.3 is 0 Å².